The number of rotatable bonds is 4. The summed E-state index contributed by atoms with van der Waals surface area (Å²) in [4.78, 5) is 34.0. The first-order valence-corrected chi connectivity index (χ1v) is 8.12. The zero-order chi connectivity index (χ0) is 15.6. The number of primary sulfonamides is 1. The van der Waals surface area contributed by atoms with Gasteiger partial charge >= 0.3 is 0 Å². The highest BCUT2D eigenvalue weighted by atomic mass is 32.2. The molecule has 10 heteroatoms. The number of imide groups is 1. The molecule has 1 aliphatic rings. The van der Waals surface area contributed by atoms with E-state index >= 15 is 0 Å². The van der Waals surface area contributed by atoms with E-state index in [-0.39, 0.29) is 11.3 Å². The minimum absolute atomic E-state index is 0.0724. The molecule has 0 radical (unpaired) electrons. The molecule has 1 heterocycles. The molecule has 1 aromatic carbocycles. The van der Waals surface area contributed by atoms with Crippen LogP contribution in [0.3, 0.4) is 0 Å². The highest BCUT2D eigenvalue weighted by Crippen LogP contribution is 2.22. The van der Waals surface area contributed by atoms with Gasteiger partial charge in [-0.05, 0) is 24.3 Å². The Kier molecular flexibility index (Phi) is 4.30. The van der Waals surface area contributed by atoms with E-state index < -0.39 is 32.3 Å². The number of sulfonamides is 1. The maximum Gasteiger partial charge on any atom is 0.286 e. The Bertz CT molecular complexity index is 699. The van der Waals surface area contributed by atoms with Crippen LogP contribution in [-0.2, 0) is 19.6 Å². The lowest BCUT2D eigenvalue weighted by Gasteiger charge is -2.07. The van der Waals surface area contributed by atoms with E-state index in [1.165, 1.54) is 24.3 Å². The molecule has 0 saturated carbocycles. The summed E-state index contributed by atoms with van der Waals surface area (Å²) in [5, 5.41) is 8.31. The number of thioether (sulfide) groups is 1. The monoisotopic (exact) mass is 329 g/mol. The minimum atomic E-state index is -3.79. The molecule has 0 unspecified atom stereocenters. The molecule has 1 fully saturated rings. The van der Waals surface area contributed by atoms with Crippen molar-refractivity contribution in [2.24, 2.45) is 5.14 Å². The van der Waals surface area contributed by atoms with E-state index in [2.05, 4.69) is 10.6 Å². The summed E-state index contributed by atoms with van der Waals surface area (Å²) in [5.74, 6) is -0.953. The third-order valence-corrected chi connectivity index (χ3v) is 4.52. The first kappa shape index (κ1) is 15.5. The van der Waals surface area contributed by atoms with Crippen LogP contribution in [0.15, 0.2) is 29.2 Å². The number of carbonyl (C=O) groups excluding carboxylic acids is 3. The second kappa shape index (κ2) is 5.84. The lowest BCUT2D eigenvalue weighted by Crippen LogP contribution is -2.27. The van der Waals surface area contributed by atoms with Crippen LogP contribution in [0.1, 0.15) is 6.42 Å². The molecule has 0 aromatic heterocycles. The van der Waals surface area contributed by atoms with Crippen molar-refractivity contribution < 1.29 is 22.8 Å². The fourth-order valence-corrected chi connectivity index (χ4v) is 2.97. The van der Waals surface area contributed by atoms with E-state index in [9.17, 15) is 22.8 Å². The van der Waals surface area contributed by atoms with Crippen molar-refractivity contribution in [2.75, 3.05) is 5.32 Å². The van der Waals surface area contributed by atoms with Gasteiger partial charge in [-0.2, -0.15) is 0 Å². The van der Waals surface area contributed by atoms with E-state index in [0.717, 1.165) is 11.8 Å². The van der Waals surface area contributed by atoms with Crippen LogP contribution in [-0.4, -0.2) is 30.7 Å². The minimum Gasteiger partial charge on any atom is -0.326 e. The first-order chi connectivity index (χ1) is 9.75. The molecule has 0 aliphatic carbocycles. The van der Waals surface area contributed by atoms with Gasteiger partial charge in [0.05, 0.1) is 4.90 Å². The molecule has 4 N–H and O–H groups in total. The maximum absolute atomic E-state index is 11.7. The SMILES string of the molecule is NS(=O)(=O)c1ccc(NC(=O)C[C@H]2SC(=O)NC2=O)cc1. The van der Waals surface area contributed by atoms with Crippen molar-refractivity contribution in [1.82, 2.24) is 5.32 Å². The Balaban J connectivity index is 1.97. The maximum atomic E-state index is 11.7. The summed E-state index contributed by atoms with van der Waals surface area (Å²) in [7, 11) is -3.79. The van der Waals surface area contributed by atoms with Gasteiger partial charge in [0.1, 0.15) is 5.25 Å². The number of amides is 3. The molecule has 0 bridgehead atoms. The predicted octanol–water partition coefficient (Wildman–Crippen LogP) is 0.0142. The average Bonchev–Trinajstić information content (AvgIpc) is 2.67. The smallest absolute Gasteiger partial charge is 0.286 e. The lowest BCUT2D eigenvalue weighted by atomic mass is 10.2. The van der Waals surface area contributed by atoms with Crippen molar-refractivity contribution in [2.45, 2.75) is 16.6 Å². The molecule has 0 spiro atoms. The fourth-order valence-electron chi connectivity index (χ4n) is 1.64. The van der Waals surface area contributed by atoms with Gasteiger partial charge in [-0.1, -0.05) is 11.8 Å². The molecule has 21 heavy (non-hydrogen) atoms. The molecule has 1 saturated heterocycles. The largest absolute Gasteiger partial charge is 0.326 e. The molecule has 3 amide bonds. The van der Waals surface area contributed by atoms with Crippen LogP contribution in [0.4, 0.5) is 10.5 Å². The number of hydrogen-bond donors (Lipinski definition) is 3. The first-order valence-electron chi connectivity index (χ1n) is 5.70. The third kappa shape index (κ3) is 4.03. The molecular weight excluding hydrogens is 318 g/mol. The van der Waals surface area contributed by atoms with Crippen molar-refractivity contribution in [3.63, 3.8) is 0 Å². The average molecular weight is 329 g/mol. The Morgan fingerprint density at radius 2 is 1.90 bits per heavy atom. The van der Waals surface area contributed by atoms with Crippen molar-refractivity contribution in [1.29, 1.82) is 0 Å². The molecule has 1 aromatic rings. The Labute approximate surface area is 124 Å². The summed E-state index contributed by atoms with van der Waals surface area (Å²) >= 11 is 0.762. The highest BCUT2D eigenvalue weighted by Gasteiger charge is 2.33. The van der Waals surface area contributed by atoms with Crippen LogP contribution in [0.25, 0.3) is 0 Å². The van der Waals surface area contributed by atoms with E-state index in [1.807, 2.05) is 0 Å². The second-order valence-electron chi connectivity index (χ2n) is 4.20. The van der Waals surface area contributed by atoms with Crippen LogP contribution in [0.5, 0.6) is 0 Å². The number of nitrogens with one attached hydrogen (secondary N) is 2. The van der Waals surface area contributed by atoms with E-state index in [4.69, 9.17) is 5.14 Å². The summed E-state index contributed by atoms with van der Waals surface area (Å²) in [6, 6.07) is 5.27. The van der Waals surface area contributed by atoms with Gasteiger partial charge in [0.2, 0.25) is 21.8 Å². The lowest BCUT2D eigenvalue weighted by molar-refractivity contribution is -0.122. The summed E-state index contributed by atoms with van der Waals surface area (Å²) < 4.78 is 22.1. The third-order valence-electron chi connectivity index (χ3n) is 2.60. The Hall–Kier alpha value is -1.91. The molecule has 2 rings (SSSR count). The topological polar surface area (TPSA) is 135 Å². The fraction of sp³-hybridized carbons (Fsp3) is 0.182. The van der Waals surface area contributed by atoms with Gasteiger partial charge in [0.25, 0.3) is 5.24 Å². The van der Waals surface area contributed by atoms with Crippen molar-refractivity contribution >= 4 is 44.5 Å². The van der Waals surface area contributed by atoms with Crippen molar-refractivity contribution in [3.05, 3.63) is 24.3 Å². The molecule has 1 aliphatic heterocycles. The molecule has 8 nitrogen and oxygen atoms in total. The van der Waals surface area contributed by atoms with Crippen molar-refractivity contribution in [3.8, 4) is 0 Å². The van der Waals surface area contributed by atoms with Gasteiger partial charge in [-0.15, -0.1) is 0 Å². The van der Waals surface area contributed by atoms with Crippen LogP contribution >= 0.6 is 11.8 Å². The van der Waals surface area contributed by atoms with Gasteiger partial charge in [-0.25, -0.2) is 13.6 Å². The van der Waals surface area contributed by atoms with Gasteiger partial charge in [0.15, 0.2) is 0 Å². The van der Waals surface area contributed by atoms with Gasteiger partial charge < -0.3 is 5.32 Å². The number of carbonyl (C=O) groups is 3. The summed E-state index contributed by atoms with van der Waals surface area (Å²) in [6.07, 6.45) is -0.154. The number of nitrogens with two attached hydrogens (primary N) is 1. The Morgan fingerprint density at radius 3 is 2.38 bits per heavy atom. The number of hydrogen-bond acceptors (Lipinski definition) is 6. The summed E-state index contributed by atoms with van der Waals surface area (Å²) in [6.45, 7) is 0. The number of anilines is 1. The zero-order valence-electron chi connectivity index (χ0n) is 10.5. The van der Waals surface area contributed by atoms with Crippen LogP contribution in [0, 0.1) is 0 Å². The second-order valence-corrected chi connectivity index (χ2v) is 6.94. The van der Waals surface area contributed by atoms with Crippen LogP contribution in [0.2, 0.25) is 0 Å². The molecule has 112 valence electrons. The van der Waals surface area contributed by atoms with Crippen LogP contribution < -0.4 is 15.8 Å². The highest BCUT2D eigenvalue weighted by molar-refractivity contribution is 8.15. The quantitative estimate of drug-likeness (QED) is 0.712. The Morgan fingerprint density at radius 1 is 1.29 bits per heavy atom. The van der Waals surface area contributed by atoms with E-state index in [0.29, 0.717) is 5.69 Å². The van der Waals surface area contributed by atoms with E-state index in [1.54, 1.807) is 0 Å². The standard InChI is InChI=1S/C11H11N3O5S2/c12-21(18,19)7-3-1-6(2-4-7)13-9(15)5-8-10(16)14-11(17)20-8/h1-4,8H,5H2,(H,13,15)(H2,12,18,19)(H,14,16,17)/t8-/m1/s1. The summed E-state index contributed by atoms with van der Waals surface area (Å²) in [5.41, 5.74) is 0.363. The predicted molar refractivity (Wildman–Crippen MR) is 76.0 cm³/mol. The van der Waals surface area contributed by atoms with Gasteiger partial charge in [0, 0.05) is 12.1 Å². The molecule has 1 atom stereocenters. The zero-order valence-corrected chi connectivity index (χ0v) is 12.2. The number of benzene rings is 1. The molecular formula is C11H11N3O5S2. The normalized spacial score (nSPS) is 18.4. The van der Waals surface area contributed by atoms with Gasteiger partial charge in [-0.3, -0.25) is 19.7 Å².